The van der Waals surface area contributed by atoms with Gasteiger partial charge in [-0.1, -0.05) is 17.1 Å². The Kier molecular flexibility index (Phi) is 4.50. The first-order valence-corrected chi connectivity index (χ1v) is 6.28. The first kappa shape index (κ1) is 14.5. The number of nitrogens with zero attached hydrogens (tertiary/aromatic N) is 4. The summed E-state index contributed by atoms with van der Waals surface area (Å²) in [5.74, 6) is 0.0167. The fraction of sp³-hybridized carbons (Fsp3) is 0.231. The van der Waals surface area contributed by atoms with Crippen LogP contribution in [-0.2, 0) is 13.5 Å². The highest BCUT2D eigenvalue weighted by atomic mass is 16.6. The van der Waals surface area contributed by atoms with Crippen LogP contribution in [0.3, 0.4) is 0 Å². The molecule has 0 radical (unpaired) electrons. The number of nitrogens with one attached hydrogen (secondary N) is 1. The Bertz CT molecular complexity index is 648. The molecule has 0 bridgehead atoms. The molecule has 0 aliphatic heterocycles. The van der Waals surface area contributed by atoms with Crippen molar-refractivity contribution in [1.29, 1.82) is 0 Å². The molecule has 8 nitrogen and oxygen atoms in total. The molecule has 0 unspecified atom stereocenters. The minimum Gasteiger partial charge on any atom is -0.508 e. The summed E-state index contributed by atoms with van der Waals surface area (Å²) in [7, 11) is 1.56. The molecule has 2 N–H and O–H groups in total. The van der Waals surface area contributed by atoms with Crippen LogP contribution in [0.4, 0.5) is 5.95 Å². The Hall–Kier alpha value is -2.90. The molecule has 0 fully saturated rings. The quantitative estimate of drug-likeness (QED) is 0.360. The molecule has 2 rings (SSSR count). The number of aromatic hydroxyl groups is 1. The molecule has 0 saturated carbocycles. The highest BCUT2D eigenvalue weighted by Crippen LogP contribution is 2.10. The number of phenolic OH excluding ortho intramolecular Hbond substituents is 1. The number of imidazole rings is 1. The number of phenols is 1. The average molecular weight is 289 g/mol. The van der Waals surface area contributed by atoms with E-state index in [-0.39, 0.29) is 11.7 Å². The van der Waals surface area contributed by atoms with Gasteiger partial charge >= 0.3 is 5.95 Å². The van der Waals surface area contributed by atoms with E-state index in [1.54, 1.807) is 19.2 Å². The summed E-state index contributed by atoms with van der Waals surface area (Å²) in [6.45, 7) is 0.612. The van der Waals surface area contributed by atoms with Gasteiger partial charge in [0.1, 0.15) is 11.9 Å². The first-order chi connectivity index (χ1) is 10.1. The zero-order chi connectivity index (χ0) is 15.2. The van der Waals surface area contributed by atoms with E-state index >= 15 is 0 Å². The van der Waals surface area contributed by atoms with Crippen LogP contribution in [0.25, 0.3) is 0 Å². The van der Waals surface area contributed by atoms with Gasteiger partial charge in [0.15, 0.2) is 5.69 Å². The van der Waals surface area contributed by atoms with E-state index in [4.69, 9.17) is 5.11 Å². The Labute approximate surface area is 120 Å². The third-order valence-electron chi connectivity index (χ3n) is 2.91. The Morgan fingerprint density at radius 3 is 2.81 bits per heavy atom. The molecule has 1 aromatic heterocycles. The second-order valence-corrected chi connectivity index (χ2v) is 4.38. The largest absolute Gasteiger partial charge is 0.508 e. The Morgan fingerprint density at radius 1 is 1.48 bits per heavy atom. The first-order valence-electron chi connectivity index (χ1n) is 6.28. The van der Waals surface area contributed by atoms with Gasteiger partial charge in [-0.05, 0) is 29.0 Å². The highest BCUT2D eigenvalue weighted by Gasteiger charge is 2.15. The predicted octanol–water partition coefficient (Wildman–Crippen LogP) is 1.20. The summed E-state index contributed by atoms with van der Waals surface area (Å²) in [6, 6.07) is 6.94. The molecular weight excluding hydrogens is 274 g/mol. The lowest BCUT2D eigenvalue weighted by molar-refractivity contribution is -0.396. The zero-order valence-corrected chi connectivity index (χ0v) is 11.4. The Morgan fingerprint density at radius 2 is 2.19 bits per heavy atom. The fourth-order valence-electron chi connectivity index (χ4n) is 1.74. The van der Waals surface area contributed by atoms with Gasteiger partial charge in [0, 0.05) is 6.54 Å². The average Bonchev–Trinajstić information content (AvgIpc) is 2.82. The molecule has 0 aliphatic rings. The molecule has 8 heteroatoms. The number of hydrogen-bond donors (Lipinski definition) is 2. The minimum absolute atomic E-state index is 0.222. The SMILES string of the molecule is Cn1c(C=NNCCc2ccc(O)cc2)cnc1[N+](=O)[O-]. The van der Waals surface area contributed by atoms with E-state index in [9.17, 15) is 10.1 Å². The van der Waals surface area contributed by atoms with Crippen LogP contribution in [0.15, 0.2) is 35.6 Å². The second-order valence-electron chi connectivity index (χ2n) is 4.38. The van der Waals surface area contributed by atoms with Gasteiger partial charge in [-0.3, -0.25) is 0 Å². The van der Waals surface area contributed by atoms with E-state index < -0.39 is 4.92 Å². The van der Waals surface area contributed by atoms with Crippen molar-refractivity contribution in [2.45, 2.75) is 6.42 Å². The van der Waals surface area contributed by atoms with E-state index in [0.29, 0.717) is 12.2 Å². The van der Waals surface area contributed by atoms with E-state index in [1.807, 2.05) is 12.1 Å². The summed E-state index contributed by atoms with van der Waals surface area (Å²) in [6.07, 6.45) is 3.63. The lowest BCUT2D eigenvalue weighted by atomic mass is 10.1. The van der Waals surface area contributed by atoms with Crippen LogP contribution in [0.5, 0.6) is 5.75 Å². The number of benzene rings is 1. The maximum atomic E-state index is 10.6. The third-order valence-corrected chi connectivity index (χ3v) is 2.91. The normalized spacial score (nSPS) is 10.9. The van der Waals surface area contributed by atoms with Crippen molar-refractivity contribution in [1.82, 2.24) is 15.0 Å². The number of rotatable bonds is 6. The maximum absolute atomic E-state index is 10.6. The molecule has 0 spiro atoms. The van der Waals surface area contributed by atoms with Crippen LogP contribution in [0.2, 0.25) is 0 Å². The van der Waals surface area contributed by atoms with Gasteiger partial charge in [-0.25, -0.2) is 4.57 Å². The van der Waals surface area contributed by atoms with Crippen molar-refractivity contribution < 1.29 is 10.0 Å². The molecule has 0 atom stereocenters. The molecular formula is C13H15N5O3. The number of nitro groups is 1. The van der Waals surface area contributed by atoms with Crippen molar-refractivity contribution in [3.63, 3.8) is 0 Å². The van der Waals surface area contributed by atoms with Crippen LogP contribution in [0, 0.1) is 10.1 Å². The van der Waals surface area contributed by atoms with Crippen molar-refractivity contribution in [2.24, 2.45) is 12.1 Å². The van der Waals surface area contributed by atoms with Crippen molar-refractivity contribution >= 4 is 12.2 Å². The smallest absolute Gasteiger partial charge is 0.434 e. The number of hydrazone groups is 1. The topological polar surface area (TPSA) is 106 Å². The summed E-state index contributed by atoms with van der Waals surface area (Å²) in [5, 5.41) is 23.8. The highest BCUT2D eigenvalue weighted by molar-refractivity contribution is 5.77. The van der Waals surface area contributed by atoms with Gasteiger partial charge in [0.25, 0.3) is 0 Å². The van der Waals surface area contributed by atoms with Crippen LogP contribution in [0.1, 0.15) is 11.3 Å². The lowest BCUT2D eigenvalue weighted by Gasteiger charge is -2.01. The molecule has 21 heavy (non-hydrogen) atoms. The summed E-state index contributed by atoms with van der Waals surface area (Å²) in [5.41, 5.74) is 4.47. The van der Waals surface area contributed by atoms with E-state index in [2.05, 4.69) is 15.5 Å². The standard InChI is InChI=1S/C13H15N5O3/c1-17-11(8-14-13(17)18(20)21)9-16-15-7-6-10-2-4-12(19)5-3-10/h2-5,8-9,15,19H,6-7H2,1H3. The molecule has 0 aliphatic carbocycles. The Balaban J connectivity index is 1.83. The minimum atomic E-state index is -0.546. The van der Waals surface area contributed by atoms with Gasteiger partial charge in [-0.15, -0.1) is 0 Å². The summed E-state index contributed by atoms with van der Waals surface area (Å²) >= 11 is 0. The fourth-order valence-corrected chi connectivity index (χ4v) is 1.74. The molecule has 0 amide bonds. The van der Waals surface area contributed by atoms with Crippen molar-refractivity contribution in [2.75, 3.05) is 6.54 Å². The van der Waals surface area contributed by atoms with Crippen molar-refractivity contribution in [3.05, 3.63) is 51.8 Å². The van der Waals surface area contributed by atoms with Gasteiger partial charge in [0.2, 0.25) is 0 Å². The maximum Gasteiger partial charge on any atom is 0.434 e. The third kappa shape index (κ3) is 3.78. The summed E-state index contributed by atoms with van der Waals surface area (Å²) < 4.78 is 1.35. The molecule has 1 heterocycles. The lowest BCUT2D eigenvalue weighted by Crippen LogP contribution is -2.11. The summed E-state index contributed by atoms with van der Waals surface area (Å²) in [4.78, 5) is 13.8. The molecule has 1 aromatic carbocycles. The molecule has 110 valence electrons. The van der Waals surface area contributed by atoms with Gasteiger partial charge in [-0.2, -0.15) is 5.10 Å². The van der Waals surface area contributed by atoms with Gasteiger partial charge in [0.05, 0.1) is 13.3 Å². The van der Waals surface area contributed by atoms with E-state index in [1.165, 1.54) is 17.0 Å². The van der Waals surface area contributed by atoms with Crippen LogP contribution < -0.4 is 5.43 Å². The van der Waals surface area contributed by atoms with Crippen molar-refractivity contribution in [3.8, 4) is 5.75 Å². The number of hydrogen-bond acceptors (Lipinski definition) is 6. The molecule has 0 saturated heterocycles. The predicted molar refractivity (Wildman–Crippen MR) is 77.3 cm³/mol. The van der Waals surface area contributed by atoms with E-state index in [0.717, 1.165) is 12.0 Å². The monoisotopic (exact) mass is 289 g/mol. The number of aromatic nitrogens is 2. The van der Waals surface area contributed by atoms with Crippen LogP contribution >= 0.6 is 0 Å². The molecule has 2 aromatic rings. The zero-order valence-electron chi connectivity index (χ0n) is 11.4. The van der Waals surface area contributed by atoms with Gasteiger partial charge < -0.3 is 20.6 Å². The second kappa shape index (κ2) is 6.51. The van der Waals surface area contributed by atoms with Crippen LogP contribution in [-0.4, -0.2) is 32.3 Å².